The topological polar surface area (TPSA) is 37.3 Å². The Balaban J connectivity index is 1.93. The fourth-order valence-corrected chi connectivity index (χ4v) is 5.35. The van der Waals surface area contributed by atoms with Crippen LogP contribution in [-0.4, -0.2) is 11.1 Å². The summed E-state index contributed by atoms with van der Waals surface area (Å²) >= 11 is 1.34. The predicted octanol–water partition coefficient (Wildman–Crippen LogP) is 8.17. The molecule has 3 heteroatoms. The van der Waals surface area contributed by atoms with Crippen LogP contribution in [0.2, 0.25) is 0 Å². The van der Waals surface area contributed by atoms with E-state index in [1.807, 2.05) is 6.07 Å². The van der Waals surface area contributed by atoms with Crippen molar-refractivity contribution in [3.05, 3.63) is 62.9 Å². The number of hydrogen-bond acceptors (Lipinski definition) is 2. The first-order chi connectivity index (χ1) is 14.1. The van der Waals surface area contributed by atoms with Gasteiger partial charge in [-0.1, -0.05) is 78.2 Å². The van der Waals surface area contributed by atoms with Crippen molar-refractivity contribution in [3.8, 4) is 0 Å². The van der Waals surface area contributed by atoms with Crippen LogP contribution in [0.3, 0.4) is 0 Å². The Kier molecular flexibility index (Phi) is 6.91. The van der Waals surface area contributed by atoms with Gasteiger partial charge in [-0.25, -0.2) is 4.79 Å². The van der Waals surface area contributed by atoms with Gasteiger partial charge >= 0.3 is 5.97 Å². The molecule has 30 heavy (non-hydrogen) atoms. The first-order valence-corrected chi connectivity index (χ1v) is 12.1. The van der Waals surface area contributed by atoms with Crippen molar-refractivity contribution < 1.29 is 9.90 Å². The maximum atomic E-state index is 11.2. The van der Waals surface area contributed by atoms with Crippen LogP contribution in [0.1, 0.15) is 110 Å². The van der Waals surface area contributed by atoms with Crippen molar-refractivity contribution in [1.29, 1.82) is 0 Å². The van der Waals surface area contributed by atoms with Gasteiger partial charge in [0.05, 0.1) is 0 Å². The van der Waals surface area contributed by atoms with Gasteiger partial charge in [-0.05, 0) is 65.0 Å². The van der Waals surface area contributed by atoms with Gasteiger partial charge in [0.15, 0.2) is 0 Å². The monoisotopic (exact) mass is 424 g/mol. The summed E-state index contributed by atoms with van der Waals surface area (Å²) in [6.07, 6.45) is 11.7. The second-order valence-electron chi connectivity index (χ2n) is 10.0. The third kappa shape index (κ3) is 5.06. The summed E-state index contributed by atoms with van der Waals surface area (Å²) in [5, 5.41) is 9.19. The molecule has 3 rings (SSSR count). The molecule has 1 aliphatic rings. The Morgan fingerprint density at radius 1 is 1.07 bits per heavy atom. The lowest BCUT2D eigenvalue weighted by Crippen LogP contribution is -2.34. The number of carboxylic acids is 1. The normalized spacial score (nSPS) is 18.3. The highest BCUT2D eigenvalue weighted by Crippen LogP contribution is 2.46. The Morgan fingerprint density at radius 3 is 2.40 bits per heavy atom. The lowest BCUT2D eigenvalue weighted by molar-refractivity contribution is 0.0702. The Hall–Kier alpha value is -1.87. The zero-order valence-corrected chi connectivity index (χ0v) is 19.9. The molecular weight excluding hydrogens is 388 g/mol. The van der Waals surface area contributed by atoms with E-state index in [4.69, 9.17) is 0 Å². The quantitative estimate of drug-likeness (QED) is 0.434. The van der Waals surface area contributed by atoms with Crippen LogP contribution in [0.25, 0.3) is 6.08 Å². The molecule has 162 valence electrons. The summed E-state index contributed by atoms with van der Waals surface area (Å²) < 4.78 is 0. The van der Waals surface area contributed by atoms with E-state index >= 15 is 0 Å². The van der Waals surface area contributed by atoms with E-state index in [1.54, 1.807) is 6.07 Å². The molecule has 1 aliphatic carbocycles. The molecule has 1 heterocycles. The van der Waals surface area contributed by atoms with E-state index in [-0.39, 0.29) is 10.8 Å². The summed E-state index contributed by atoms with van der Waals surface area (Å²) in [7, 11) is 0. The molecule has 0 saturated carbocycles. The molecule has 0 aliphatic heterocycles. The molecule has 0 radical (unpaired) electrons. The van der Waals surface area contributed by atoms with Gasteiger partial charge in [-0.15, -0.1) is 11.3 Å². The van der Waals surface area contributed by atoms with E-state index in [0.29, 0.717) is 10.8 Å². The highest BCUT2D eigenvalue weighted by molar-refractivity contribution is 7.14. The van der Waals surface area contributed by atoms with Crippen molar-refractivity contribution in [2.75, 3.05) is 0 Å². The van der Waals surface area contributed by atoms with Crippen LogP contribution in [0.4, 0.5) is 0 Å². The van der Waals surface area contributed by atoms with Crippen molar-refractivity contribution >= 4 is 23.4 Å². The highest BCUT2D eigenvalue weighted by Gasteiger charge is 2.37. The van der Waals surface area contributed by atoms with E-state index in [2.05, 4.69) is 65.0 Å². The van der Waals surface area contributed by atoms with Crippen molar-refractivity contribution in [3.63, 3.8) is 0 Å². The molecule has 0 bridgehead atoms. The maximum Gasteiger partial charge on any atom is 0.345 e. The molecule has 1 atom stereocenters. The molecule has 1 aromatic carbocycles. The number of benzene rings is 1. The fourth-order valence-electron chi connectivity index (χ4n) is 4.59. The summed E-state index contributed by atoms with van der Waals surface area (Å²) in [5.41, 5.74) is 4.85. The molecule has 2 nitrogen and oxygen atoms in total. The Bertz CT molecular complexity index is 917. The van der Waals surface area contributed by atoms with Crippen LogP contribution in [0, 0.1) is 0 Å². The Labute approximate surface area is 186 Å². The molecule has 1 aromatic heterocycles. The second kappa shape index (κ2) is 9.09. The summed E-state index contributed by atoms with van der Waals surface area (Å²) in [6, 6.07) is 10.8. The third-order valence-corrected chi connectivity index (χ3v) is 7.79. The minimum absolute atomic E-state index is 0.211. The van der Waals surface area contributed by atoms with Crippen LogP contribution < -0.4 is 0 Å². The van der Waals surface area contributed by atoms with E-state index in [9.17, 15) is 9.90 Å². The molecule has 0 fully saturated rings. The first kappa shape index (κ1) is 22.8. The third-order valence-electron chi connectivity index (χ3n) is 6.75. The number of thiophene rings is 1. The lowest BCUT2D eigenvalue weighted by atomic mass is 9.62. The summed E-state index contributed by atoms with van der Waals surface area (Å²) in [6.45, 7) is 11.7. The number of rotatable bonds is 8. The van der Waals surface area contributed by atoms with Gasteiger partial charge in [0.2, 0.25) is 0 Å². The number of carbonyl (C=O) groups is 1. The van der Waals surface area contributed by atoms with Gasteiger partial charge in [0.25, 0.3) is 0 Å². The average molecular weight is 425 g/mol. The van der Waals surface area contributed by atoms with Crippen molar-refractivity contribution in [1.82, 2.24) is 0 Å². The molecule has 2 aromatic rings. The van der Waals surface area contributed by atoms with Crippen LogP contribution in [0.5, 0.6) is 0 Å². The first-order valence-electron chi connectivity index (χ1n) is 11.3. The van der Waals surface area contributed by atoms with Gasteiger partial charge in [0.1, 0.15) is 4.88 Å². The smallest absolute Gasteiger partial charge is 0.345 e. The molecule has 0 amide bonds. The number of unbranched alkanes of at least 4 members (excludes halogenated alkanes) is 2. The number of aromatic carboxylic acids is 1. The van der Waals surface area contributed by atoms with E-state index in [1.165, 1.54) is 60.1 Å². The second-order valence-corrected chi connectivity index (χ2v) is 11.2. The lowest BCUT2D eigenvalue weighted by Gasteiger charge is -2.42. The number of allylic oxidation sites excluding steroid dienone is 1. The fraction of sp³-hybridized carbons (Fsp3) is 0.519. The minimum atomic E-state index is -0.848. The van der Waals surface area contributed by atoms with Crippen LogP contribution >= 0.6 is 11.3 Å². The zero-order valence-electron chi connectivity index (χ0n) is 19.1. The average Bonchev–Trinajstić information content (AvgIpc) is 3.17. The minimum Gasteiger partial charge on any atom is -0.477 e. The number of carboxylic acid groups (broad SMARTS) is 1. The maximum absolute atomic E-state index is 11.2. The highest BCUT2D eigenvalue weighted by atomic mass is 32.1. The number of hydrogen-bond donors (Lipinski definition) is 1. The molecule has 1 N–H and O–H groups in total. The van der Waals surface area contributed by atoms with E-state index < -0.39 is 5.97 Å². The van der Waals surface area contributed by atoms with E-state index in [0.717, 1.165) is 11.3 Å². The van der Waals surface area contributed by atoms with Crippen molar-refractivity contribution in [2.45, 2.75) is 89.9 Å². The predicted molar refractivity (Wildman–Crippen MR) is 129 cm³/mol. The van der Waals surface area contributed by atoms with Gasteiger partial charge in [-0.3, -0.25) is 0 Å². The summed E-state index contributed by atoms with van der Waals surface area (Å²) in [4.78, 5) is 12.6. The largest absolute Gasteiger partial charge is 0.477 e. The standard InChI is InChI=1S/C27H36O2S/c1-6-7-8-9-19(10-12-21-13-15-24(30-21)25(28)29)20-11-14-22-23(18-20)27(4,5)17-16-26(22,2)3/h10-15,18-19H,6-9,16-17H2,1-5H3,(H,28,29). The van der Waals surface area contributed by atoms with Crippen molar-refractivity contribution in [2.24, 2.45) is 0 Å². The van der Waals surface area contributed by atoms with Gasteiger partial charge in [-0.2, -0.15) is 0 Å². The molecule has 0 spiro atoms. The molecule has 0 saturated heterocycles. The summed E-state index contributed by atoms with van der Waals surface area (Å²) in [5.74, 6) is -0.489. The van der Waals surface area contributed by atoms with Crippen LogP contribution in [-0.2, 0) is 10.8 Å². The van der Waals surface area contributed by atoms with Gasteiger partial charge < -0.3 is 5.11 Å². The Morgan fingerprint density at radius 2 is 1.77 bits per heavy atom. The number of fused-ring (bicyclic) bond motifs is 1. The molecule has 1 unspecified atom stereocenters. The molecular formula is C27H36O2S. The SMILES string of the molecule is CCCCCC(C=Cc1ccc(C(=O)O)s1)c1ccc2c(c1)C(C)(C)CCC2(C)C. The van der Waals surface area contributed by atoms with Crippen LogP contribution in [0.15, 0.2) is 36.4 Å². The zero-order chi connectivity index (χ0) is 21.9. The van der Waals surface area contributed by atoms with Gasteiger partial charge in [0, 0.05) is 10.8 Å².